The molecule has 0 aliphatic carbocycles. The Balaban J connectivity index is 2.30. The molecule has 1 heterocycles. The van der Waals surface area contributed by atoms with Gasteiger partial charge in [-0.15, -0.1) is 11.3 Å². The van der Waals surface area contributed by atoms with E-state index in [1.165, 1.54) is 29.5 Å². The predicted octanol–water partition coefficient (Wildman–Crippen LogP) is 3.10. The number of hydrogen-bond donors (Lipinski definition) is 1. The van der Waals surface area contributed by atoms with Crippen LogP contribution in [0.1, 0.15) is 30.0 Å². The second kappa shape index (κ2) is 6.54. The molecule has 0 aliphatic rings. The zero-order valence-electron chi connectivity index (χ0n) is 11.1. The van der Waals surface area contributed by atoms with Gasteiger partial charge in [0.1, 0.15) is 11.1 Å². The molecule has 8 heteroatoms. The lowest BCUT2D eigenvalue weighted by Crippen LogP contribution is -2.28. The van der Waals surface area contributed by atoms with Crippen molar-refractivity contribution in [3.05, 3.63) is 45.4 Å². The number of nitriles is 1. The molecule has 0 saturated heterocycles. The first-order chi connectivity index (χ1) is 9.97. The molecule has 1 aromatic carbocycles. The molecule has 0 amide bonds. The number of aromatic nitrogens is 1. The van der Waals surface area contributed by atoms with Crippen molar-refractivity contribution in [2.45, 2.75) is 24.3 Å². The van der Waals surface area contributed by atoms with Crippen molar-refractivity contribution in [1.29, 1.82) is 5.26 Å². The second-order valence-electron chi connectivity index (χ2n) is 4.21. The van der Waals surface area contributed by atoms with Crippen LogP contribution in [0.2, 0.25) is 5.02 Å². The number of benzene rings is 1. The molecular formula is C13H12ClN3O2S2. The molecule has 0 aliphatic heterocycles. The Morgan fingerprint density at radius 1 is 1.52 bits per heavy atom. The minimum Gasteiger partial charge on any atom is -0.248 e. The summed E-state index contributed by atoms with van der Waals surface area (Å²) in [5.74, 6) is 0. The summed E-state index contributed by atoms with van der Waals surface area (Å²) in [6.07, 6.45) is 2.21. The highest BCUT2D eigenvalue weighted by atomic mass is 35.5. The minimum absolute atomic E-state index is 0.0292. The number of sulfonamides is 1. The molecule has 0 bridgehead atoms. The van der Waals surface area contributed by atoms with Crippen molar-refractivity contribution in [1.82, 2.24) is 9.71 Å². The summed E-state index contributed by atoms with van der Waals surface area (Å²) < 4.78 is 27.4. The lowest BCUT2D eigenvalue weighted by Gasteiger charge is -2.15. The topological polar surface area (TPSA) is 82.9 Å². The van der Waals surface area contributed by atoms with Crippen LogP contribution >= 0.6 is 22.9 Å². The third-order valence-corrected chi connectivity index (χ3v) is 5.50. The zero-order chi connectivity index (χ0) is 15.5. The van der Waals surface area contributed by atoms with E-state index in [1.807, 2.05) is 13.0 Å². The highest BCUT2D eigenvalue weighted by Gasteiger charge is 2.22. The third kappa shape index (κ3) is 3.60. The van der Waals surface area contributed by atoms with E-state index in [4.69, 9.17) is 16.9 Å². The van der Waals surface area contributed by atoms with Gasteiger partial charge in [0.2, 0.25) is 10.0 Å². The Morgan fingerprint density at radius 2 is 2.29 bits per heavy atom. The SMILES string of the molecule is CCC(NS(=O)(=O)c1ccc(C#N)c(Cl)c1)c1nccs1. The van der Waals surface area contributed by atoms with Gasteiger partial charge in [-0.2, -0.15) is 5.26 Å². The molecule has 0 fully saturated rings. The standard InChI is InChI=1S/C13H12ClN3O2S2/c1-2-12(13-16-5-6-20-13)17-21(18,19)10-4-3-9(8-15)11(14)7-10/h3-7,12,17H,2H2,1H3. The molecule has 2 aromatic rings. The maximum atomic E-state index is 12.4. The quantitative estimate of drug-likeness (QED) is 0.905. The van der Waals surface area contributed by atoms with Gasteiger partial charge < -0.3 is 0 Å². The monoisotopic (exact) mass is 341 g/mol. The van der Waals surface area contributed by atoms with E-state index < -0.39 is 10.0 Å². The molecule has 1 unspecified atom stereocenters. The molecule has 0 radical (unpaired) electrons. The summed E-state index contributed by atoms with van der Waals surface area (Å²) in [5, 5.41) is 11.4. The molecule has 1 atom stereocenters. The van der Waals surface area contributed by atoms with Crippen LogP contribution in [0.4, 0.5) is 0 Å². The molecule has 1 N–H and O–H groups in total. The van der Waals surface area contributed by atoms with E-state index in [0.29, 0.717) is 11.4 Å². The number of rotatable bonds is 5. The number of thiazole rings is 1. The van der Waals surface area contributed by atoms with Crippen LogP contribution in [0, 0.1) is 11.3 Å². The fourth-order valence-electron chi connectivity index (χ4n) is 1.72. The Kier molecular flexibility index (Phi) is 4.96. The highest BCUT2D eigenvalue weighted by molar-refractivity contribution is 7.89. The predicted molar refractivity (Wildman–Crippen MR) is 81.6 cm³/mol. The van der Waals surface area contributed by atoms with Crippen molar-refractivity contribution in [2.75, 3.05) is 0 Å². The fraction of sp³-hybridized carbons (Fsp3) is 0.231. The first-order valence-corrected chi connectivity index (χ1v) is 8.83. The number of halogens is 1. The van der Waals surface area contributed by atoms with Crippen molar-refractivity contribution >= 4 is 33.0 Å². The highest BCUT2D eigenvalue weighted by Crippen LogP contribution is 2.24. The molecule has 0 spiro atoms. The van der Waals surface area contributed by atoms with Gasteiger partial charge >= 0.3 is 0 Å². The van der Waals surface area contributed by atoms with Gasteiger partial charge in [-0.3, -0.25) is 0 Å². The number of nitrogens with one attached hydrogen (secondary N) is 1. The van der Waals surface area contributed by atoms with E-state index >= 15 is 0 Å². The Bertz CT molecular complexity index is 767. The lowest BCUT2D eigenvalue weighted by molar-refractivity contribution is 0.549. The van der Waals surface area contributed by atoms with Gasteiger partial charge in [0.05, 0.1) is 21.5 Å². The van der Waals surface area contributed by atoms with Gasteiger partial charge in [-0.25, -0.2) is 18.1 Å². The minimum atomic E-state index is -3.72. The van der Waals surface area contributed by atoms with Gasteiger partial charge in [-0.1, -0.05) is 18.5 Å². The summed E-state index contributed by atoms with van der Waals surface area (Å²) in [6.45, 7) is 1.88. The van der Waals surface area contributed by atoms with Crippen molar-refractivity contribution < 1.29 is 8.42 Å². The Hall–Kier alpha value is -1.46. The molecule has 21 heavy (non-hydrogen) atoms. The first-order valence-electron chi connectivity index (χ1n) is 6.09. The molecule has 110 valence electrons. The molecule has 5 nitrogen and oxygen atoms in total. The molecule has 1 aromatic heterocycles. The van der Waals surface area contributed by atoms with Crippen molar-refractivity contribution in [3.63, 3.8) is 0 Å². The van der Waals surface area contributed by atoms with Crippen molar-refractivity contribution in [3.8, 4) is 6.07 Å². The molecule has 0 saturated carbocycles. The van der Waals surface area contributed by atoms with E-state index in [2.05, 4.69) is 9.71 Å². The van der Waals surface area contributed by atoms with Gasteiger partial charge in [0, 0.05) is 11.6 Å². The van der Waals surface area contributed by atoms with E-state index in [0.717, 1.165) is 0 Å². The average molecular weight is 342 g/mol. The largest absolute Gasteiger partial charge is 0.248 e. The summed E-state index contributed by atoms with van der Waals surface area (Å²) in [7, 11) is -3.72. The Labute approximate surface area is 132 Å². The molecule has 2 rings (SSSR count). The lowest BCUT2D eigenvalue weighted by atomic mass is 10.2. The summed E-state index contributed by atoms with van der Waals surface area (Å²) in [6, 6.07) is 5.54. The van der Waals surface area contributed by atoms with E-state index in [1.54, 1.807) is 11.6 Å². The first kappa shape index (κ1) is 15.9. The summed E-state index contributed by atoms with van der Waals surface area (Å²) in [4.78, 5) is 4.16. The zero-order valence-corrected chi connectivity index (χ0v) is 13.5. The van der Waals surface area contributed by atoms with E-state index in [-0.39, 0.29) is 21.5 Å². The van der Waals surface area contributed by atoms with Crippen LogP contribution in [0.5, 0.6) is 0 Å². The summed E-state index contributed by atoms with van der Waals surface area (Å²) in [5.41, 5.74) is 0.239. The Morgan fingerprint density at radius 3 is 2.81 bits per heavy atom. The maximum Gasteiger partial charge on any atom is 0.241 e. The normalized spacial score (nSPS) is 12.8. The average Bonchev–Trinajstić information content (AvgIpc) is 2.98. The van der Waals surface area contributed by atoms with Gasteiger partial charge in [0.15, 0.2) is 0 Å². The van der Waals surface area contributed by atoms with E-state index in [9.17, 15) is 8.42 Å². The second-order valence-corrected chi connectivity index (χ2v) is 7.25. The van der Waals surface area contributed by atoms with Gasteiger partial charge in [0.25, 0.3) is 0 Å². The summed E-state index contributed by atoms with van der Waals surface area (Å²) >= 11 is 7.27. The van der Waals surface area contributed by atoms with Gasteiger partial charge in [-0.05, 0) is 24.6 Å². The van der Waals surface area contributed by atoms with Crippen LogP contribution in [-0.2, 0) is 10.0 Å². The maximum absolute atomic E-state index is 12.4. The van der Waals surface area contributed by atoms with Crippen LogP contribution in [0.25, 0.3) is 0 Å². The third-order valence-electron chi connectivity index (χ3n) is 2.83. The fourth-order valence-corrected chi connectivity index (χ4v) is 4.17. The van der Waals surface area contributed by atoms with Crippen LogP contribution in [-0.4, -0.2) is 13.4 Å². The smallest absolute Gasteiger partial charge is 0.241 e. The number of hydrogen-bond acceptors (Lipinski definition) is 5. The number of nitrogens with zero attached hydrogens (tertiary/aromatic N) is 2. The van der Waals surface area contributed by atoms with Crippen LogP contribution in [0.15, 0.2) is 34.7 Å². The van der Waals surface area contributed by atoms with Crippen molar-refractivity contribution in [2.24, 2.45) is 0 Å². The molecular weight excluding hydrogens is 330 g/mol. The van der Waals surface area contributed by atoms with Crippen LogP contribution in [0.3, 0.4) is 0 Å². The van der Waals surface area contributed by atoms with Crippen LogP contribution < -0.4 is 4.72 Å².